The van der Waals surface area contributed by atoms with E-state index in [0.29, 0.717) is 11.4 Å². The summed E-state index contributed by atoms with van der Waals surface area (Å²) in [6.07, 6.45) is 0. The molecule has 0 saturated heterocycles. The lowest BCUT2D eigenvalue weighted by molar-refractivity contribution is -0.384. The first-order valence-electron chi connectivity index (χ1n) is 9.13. The van der Waals surface area contributed by atoms with E-state index in [0.717, 1.165) is 28.0 Å². The quantitative estimate of drug-likeness (QED) is 0.287. The second kappa shape index (κ2) is 6.59. The molecule has 0 unspecified atom stereocenters. The number of hydrogen-bond donors (Lipinski definition) is 2. The Morgan fingerprint density at radius 2 is 1.70 bits per heavy atom. The zero-order chi connectivity index (χ0) is 20.8. The largest absolute Gasteiger partial charge is 0.478 e. The number of nitro benzene ring substituents is 1. The molecule has 1 aliphatic rings. The summed E-state index contributed by atoms with van der Waals surface area (Å²) in [6, 6.07) is 22.0. The van der Waals surface area contributed by atoms with Gasteiger partial charge in [-0.1, -0.05) is 42.5 Å². The maximum Gasteiger partial charge on any atom is 0.338 e. The van der Waals surface area contributed by atoms with Crippen LogP contribution < -0.4 is 10.1 Å². The molecule has 30 heavy (non-hydrogen) atoms. The Morgan fingerprint density at radius 3 is 2.43 bits per heavy atom. The number of nitro groups is 1. The van der Waals surface area contributed by atoms with Crippen LogP contribution in [0.4, 0.5) is 17.1 Å². The summed E-state index contributed by atoms with van der Waals surface area (Å²) in [5, 5.41) is 25.6. The van der Waals surface area contributed by atoms with Crippen molar-refractivity contribution in [1.82, 2.24) is 0 Å². The lowest BCUT2D eigenvalue weighted by atomic mass is 10.00. The van der Waals surface area contributed by atoms with Crippen molar-refractivity contribution in [3.8, 4) is 22.6 Å². The molecule has 146 valence electrons. The number of aromatic carboxylic acids is 1. The Balaban J connectivity index is 1.62. The fourth-order valence-electron chi connectivity index (χ4n) is 3.61. The van der Waals surface area contributed by atoms with Gasteiger partial charge in [0.05, 0.1) is 27.9 Å². The van der Waals surface area contributed by atoms with E-state index in [2.05, 4.69) is 5.32 Å². The molecule has 0 saturated carbocycles. The number of nitrogens with one attached hydrogen (secondary N) is 1. The fraction of sp³-hybridized carbons (Fsp3) is 0. The van der Waals surface area contributed by atoms with Crippen molar-refractivity contribution in [2.24, 2.45) is 0 Å². The van der Waals surface area contributed by atoms with E-state index < -0.39 is 10.9 Å². The Bertz CT molecular complexity index is 1350. The zero-order valence-electron chi connectivity index (χ0n) is 15.5. The van der Waals surface area contributed by atoms with Crippen molar-refractivity contribution in [2.75, 3.05) is 5.32 Å². The minimum atomic E-state index is -1.28. The Hall–Kier alpha value is -4.39. The van der Waals surface area contributed by atoms with Gasteiger partial charge in [0.1, 0.15) is 0 Å². The number of carbonyl (C=O) groups is 1. The zero-order valence-corrected chi connectivity index (χ0v) is 15.5. The Labute approximate surface area is 170 Å². The third-order valence-electron chi connectivity index (χ3n) is 5.05. The third-order valence-corrected chi connectivity index (χ3v) is 5.05. The normalized spacial score (nSPS) is 11.7. The van der Waals surface area contributed by atoms with Gasteiger partial charge >= 0.3 is 5.97 Å². The standard InChI is InChI=1S/C23H14N2O5/c26-23(27)18-11-17(25(28)29)12-21-22(18)24-19-9-15-7-6-14(13-4-2-1-3-5-13)8-16(15)10-20(19)30-21/h1-12,24H,(H,26,27). The molecule has 0 bridgehead atoms. The first-order valence-corrected chi connectivity index (χ1v) is 9.13. The van der Waals surface area contributed by atoms with Crippen LogP contribution in [0.3, 0.4) is 0 Å². The average molecular weight is 398 g/mol. The van der Waals surface area contributed by atoms with Crippen molar-refractivity contribution in [1.29, 1.82) is 0 Å². The third kappa shape index (κ3) is 2.89. The molecule has 5 rings (SSSR count). The van der Waals surface area contributed by atoms with Gasteiger partial charge in [-0.05, 0) is 40.1 Å². The summed E-state index contributed by atoms with van der Waals surface area (Å²) in [5.41, 5.74) is 2.37. The topological polar surface area (TPSA) is 102 Å². The van der Waals surface area contributed by atoms with E-state index in [1.165, 1.54) is 6.07 Å². The van der Waals surface area contributed by atoms with Crippen molar-refractivity contribution in [3.05, 3.63) is 88.5 Å². The second-order valence-corrected chi connectivity index (χ2v) is 6.93. The van der Waals surface area contributed by atoms with Crippen LogP contribution in [0.25, 0.3) is 21.9 Å². The molecule has 0 atom stereocenters. The van der Waals surface area contributed by atoms with Gasteiger partial charge in [0.15, 0.2) is 11.5 Å². The number of ether oxygens (including phenoxy) is 1. The van der Waals surface area contributed by atoms with Gasteiger partial charge in [-0.15, -0.1) is 0 Å². The highest BCUT2D eigenvalue weighted by molar-refractivity contribution is 6.01. The number of fused-ring (bicyclic) bond motifs is 3. The van der Waals surface area contributed by atoms with Crippen LogP contribution in [0.5, 0.6) is 11.5 Å². The average Bonchev–Trinajstić information content (AvgIpc) is 2.75. The summed E-state index contributed by atoms with van der Waals surface area (Å²) in [5.74, 6) is -0.701. The molecule has 0 amide bonds. The number of nitrogens with zero attached hydrogens (tertiary/aromatic N) is 1. The number of hydrogen-bond acceptors (Lipinski definition) is 5. The SMILES string of the molecule is O=C(O)c1cc([N+](=O)[O-])cc2c1Nc1cc3ccc(-c4ccccc4)cc3cc1O2. The molecule has 2 N–H and O–H groups in total. The second-order valence-electron chi connectivity index (χ2n) is 6.93. The molecule has 7 nitrogen and oxygen atoms in total. The van der Waals surface area contributed by atoms with Crippen molar-refractivity contribution < 1.29 is 19.6 Å². The van der Waals surface area contributed by atoms with Gasteiger partial charge in [-0.25, -0.2) is 4.79 Å². The van der Waals surface area contributed by atoms with Gasteiger partial charge in [-0.3, -0.25) is 10.1 Å². The number of anilines is 2. The highest BCUT2D eigenvalue weighted by Crippen LogP contribution is 2.47. The summed E-state index contributed by atoms with van der Waals surface area (Å²) in [7, 11) is 0. The van der Waals surface area contributed by atoms with Crippen LogP contribution in [0.2, 0.25) is 0 Å². The number of rotatable bonds is 3. The maximum absolute atomic E-state index is 11.6. The smallest absolute Gasteiger partial charge is 0.338 e. The van der Waals surface area contributed by atoms with Crippen LogP contribution in [0.15, 0.2) is 72.8 Å². The first-order chi connectivity index (χ1) is 14.5. The minimum Gasteiger partial charge on any atom is -0.478 e. The van der Waals surface area contributed by atoms with Crippen LogP contribution >= 0.6 is 0 Å². The number of non-ortho nitro benzene ring substituents is 1. The highest BCUT2D eigenvalue weighted by Gasteiger charge is 2.27. The minimum absolute atomic E-state index is 0.104. The van der Waals surface area contributed by atoms with Gasteiger partial charge < -0.3 is 15.2 Å². The molecule has 0 aromatic heterocycles. The summed E-state index contributed by atoms with van der Waals surface area (Å²) >= 11 is 0. The molecular formula is C23H14N2O5. The lowest BCUT2D eigenvalue weighted by Gasteiger charge is -2.23. The Morgan fingerprint density at radius 1 is 0.900 bits per heavy atom. The molecule has 0 fully saturated rings. The molecule has 0 aliphatic carbocycles. The van der Waals surface area contributed by atoms with Crippen molar-refractivity contribution in [2.45, 2.75) is 0 Å². The monoisotopic (exact) mass is 398 g/mol. The highest BCUT2D eigenvalue weighted by atomic mass is 16.6. The predicted molar refractivity (Wildman–Crippen MR) is 113 cm³/mol. The van der Waals surface area contributed by atoms with E-state index in [1.807, 2.05) is 60.7 Å². The van der Waals surface area contributed by atoms with Crippen LogP contribution in [-0.4, -0.2) is 16.0 Å². The van der Waals surface area contributed by atoms with E-state index in [1.54, 1.807) is 0 Å². The number of benzene rings is 4. The number of carboxylic acids is 1. The van der Waals surface area contributed by atoms with E-state index in [4.69, 9.17) is 4.74 Å². The van der Waals surface area contributed by atoms with Gasteiger partial charge in [0, 0.05) is 6.07 Å². The Kier molecular flexibility index (Phi) is 3.89. The van der Waals surface area contributed by atoms with E-state index in [-0.39, 0.29) is 22.7 Å². The fourth-order valence-corrected chi connectivity index (χ4v) is 3.61. The summed E-state index contributed by atoms with van der Waals surface area (Å²) in [4.78, 5) is 22.2. The predicted octanol–water partition coefficient (Wildman–Crippen LogP) is 5.96. The number of carboxylic acid groups (broad SMARTS) is 1. The molecule has 0 radical (unpaired) electrons. The molecule has 7 heteroatoms. The summed E-state index contributed by atoms with van der Waals surface area (Å²) < 4.78 is 5.88. The van der Waals surface area contributed by atoms with E-state index >= 15 is 0 Å². The molecule has 1 aliphatic heterocycles. The van der Waals surface area contributed by atoms with Crippen LogP contribution in [0, 0.1) is 10.1 Å². The van der Waals surface area contributed by atoms with Crippen molar-refractivity contribution in [3.63, 3.8) is 0 Å². The molecule has 0 spiro atoms. The molecule has 1 heterocycles. The molecule has 4 aromatic rings. The first kappa shape index (κ1) is 17.7. The molecular weight excluding hydrogens is 384 g/mol. The lowest BCUT2D eigenvalue weighted by Crippen LogP contribution is -2.10. The summed E-state index contributed by atoms with van der Waals surface area (Å²) in [6.45, 7) is 0. The van der Waals surface area contributed by atoms with Gasteiger partial charge in [0.25, 0.3) is 5.69 Å². The van der Waals surface area contributed by atoms with Crippen molar-refractivity contribution >= 4 is 33.8 Å². The maximum atomic E-state index is 11.6. The molecule has 4 aromatic carbocycles. The van der Waals surface area contributed by atoms with Gasteiger partial charge in [0.2, 0.25) is 0 Å². The van der Waals surface area contributed by atoms with Gasteiger partial charge in [-0.2, -0.15) is 0 Å². The van der Waals surface area contributed by atoms with Crippen LogP contribution in [0.1, 0.15) is 10.4 Å². The van der Waals surface area contributed by atoms with Crippen LogP contribution in [-0.2, 0) is 0 Å². The van der Waals surface area contributed by atoms with E-state index in [9.17, 15) is 20.0 Å².